The van der Waals surface area contributed by atoms with E-state index in [-0.39, 0.29) is 11.4 Å². The molecule has 0 spiro atoms. The predicted octanol–water partition coefficient (Wildman–Crippen LogP) is 1.79. The largest absolute Gasteiger partial charge is 0.469 e. The van der Waals surface area contributed by atoms with Gasteiger partial charge >= 0.3 is 0 Å². The summed E-state index contributed by atoms with van der Waals surface area (Å²) in [5.74, 6) is -0.153. The van der Waals surface area contributed by atoms with Crippen molar-refractivity contribution in [3.63, 3.8) is 0 Å². The third-order valence-electron chi connectivity index (χ3n) is 2.97. The highest BCUT2D eigenvalue weighted by Crippen LogP contribution is 2.17. The maximum atomic E-state index is 13.9. The molecule has 1 aromatic carbocycles. The van der Waals surface area contributed by atoms with Crippen LogP contribution >= 0.6 is 0 Å². The number of hydrogen-bond acceptors (Lipinski definition) is 4. The van der Waals surface area contributed by atoms with Crippen molar-refractivity contribution in [1.82, 2.24) is 4.72 Å². The zero-order chi connectivity index (χ0) is 15.5. The number of rotatable bonds is 6. The van der Waals surface area contributed by atoms with Gasteiger partial charge in [-0.2, -0.15) is 0 Å². The lowest BCUT2D eigenvalue weighted by atomic mass is 10.2. The summed E-state index contributed by atoms with van der Waals surface area (Å²) < 4.78 is 45.8. The maximum absolute atomic E-state index is 13.9. The Balaban J connectivity index is 2.14. The summed E-state index contributed by atoms with van der Waals surface area (Å²) in [6.07, 6.45) is 1.90. The lowest BCUT2D eigenvalue weighted by Gasteiger charge is -2.14. The van der Waals surface area contributed by atoms with Crippen LogP contribution in [0.4, 0.5) is 4.39 Å². The number of hydrogen-bond donors (Lipinski definition) is 2. The van der Waals surface area contributed by atoms with E-state index in [1.165, 1.54) is 18.4 Å². The molecule has 0 saturated carbocycles. The summed E-state index contributed by atoms with van der Waals surface area (Å²) in [5, 5.41) is 0. The lowest BCUT2D eigenvalue weighted by molar-refractivity contribution is 0.477. The van der Waals surface area contributed by atoms with E-state index in [0.29, 0.717) is 17.7 Å². The zero-order valence-electron chi connectivity index (χ0n) is 11.5. The van der Waals surface area contributed by atoms with Crippen LogP contribution in [0.5, 0.6) is 0 Å². The first-order chi connectivity index (χ1) is 9.92. The number of furan rings is 1. The molecule has 0 saturated heterocycles. The van der Waals surface area contributed by atoms with Gasteiger partial charge in [-0.1, -0.05) is 6.07 Å². The number of sulfonamides is 1. The van der Waals surface area contributed by atoms with Crippen molar-refractivity contribution in [2.75, 3.05) is 0 Å². The van der Waals surface area contributed by atoms with E-state index in [1.54, 1.807) is 19.1 Å². The van der Waals surface area contributed by atoms with Crippen molar-refractivity contribution in [3.8, 4) is 0 Å². The van der Waals surface area contributed by atoms with Gasteiger partial charge in [-0.25, -0.2) is 17.5 Å². The first kappa shape index (κ1) is 15.7. The quantitative estimate of drug-likeness (QED) is 0.851. The van der Waals surface area contributed by atoms with Gasteiger partial charge in [0.25, 0.3) is 0 Å². The van der Waals surface area contributed by atoms with Gasteiger partial charge in [0, 0.05) is 19.0 Å². The minimum atomic E-state index is -3.93. The van der Waals surface area contributed by atoms with Crippen LogP contribution in [0.2, 0.25) is 0 Å². The molecule has 0 aliphatic heterocycles. The van der Waals surface area contributed by atoms with Crippen LogP contribution in [0.1, 0.15) is 18.2 Å². The Morgan fingerprint density at radius 3 is 2.71 bits per heavy atom. The van der Waals surface area contributed by atoms with Crippen LogP contribution in [0.3, 0.4) is 0 Å². The van der Waals surface area contributed by atoms with Crippen molar-refractivity contribution >= 4 is 10.0 Å². The van der Waals surface area contributed by atoms with Crippen molar-refractivity contribution < 1.29 is 17.2 Å². The molecule has 1 aromatic heterocycles. The SMILES string of the molecule is CC(Cc1ccco1)NS(=O)(=O)c1ccc(CN)cc1F. The minimum Gasteiger partial charge on any atom is -0.469 e. The first-order valence-corrected chi connectivity index (χ1v) is 7.94. The summed E-state index contributed by atoms with van der Waals surface area (Å²) in [6, 6.07) is 6.90. The molecule has 1 heterocycles. The Morgan fingerprint density at radius 1 is 1.38 bits per heavy atom. The molecule has 1 unspecified atom stereocenters. The summed E-state index contributed by atoms with van der Waals surface area (Å²) >= 11 is 0. The van der Waals surface area contributed by atoms with Gasteiger partial charge in [0.2, 0.25) is 10.0 Å². The molecule has 1 atom stereocenters. The molecule has 0 aliphatic rings. The molecule has 3 N–H and O–H groups in total. The Hall–Kier alpha value is -1.70. The average molecular weight is 312 g/mol. The monoisotopic (exact) mass is 312 g/mol. The summed E-state index contributed by atoms with van der Waals surface area (Å²) in [4.78, 5) is -0.383. The fraction of sp³-hybridized carbons (Fsp3) is 0.286. The van der Waals surface area contributed by atoms with Gasteiger partial charge in [-0.3, -0.25) is 0 Å². The minimum absolute atomic E-state index is 0.152. The van der Waals surface area contributed by atoms with Crippen LogP contribution in [0.15, 0.2) is 45.9 Å². The fourth-order valence-electron chi connectivity index (χ4n) is 1.99. The molecule has 0 aliphatic carbocycles. The molecule has 0 bridgehead atoms. The third kappa shape index (κ3) is 3.90. The highest BCUT2D eigenvalue weighted by atomic mass is 32.2. The highest BCUT2D eigenvalue weighted by molar-refractivity contribution is 7.89. The second-order valence-corrected chi connectivity index (χ2v) is 6.46. The predicted molar refractivity (Wildman–Crippen MR) is 76.5 cm³/mol. The molecule has 2 rings (SSSR count). The zero-order valence-corrected chi connectivity index (χ0v) is 12.4. The molecule has 7 heteroatoms. The second-order valence-electron chi connectivity index (χ2n) is 4.77. The first-order valence-electron chi connectivity index (χ1n) is 6.45. The Labute approximate surface area is 123 Å². The van der Waals surface area contributed by atoms with Crippen LogP contribution < -0.4 is 10.5 Å². The molecular weight excluding hydrogens is 295 g/mol. The summed E-state index contributed by atoms with van der Waals surface area (Å²) in [6.45, 7) is 1.84. The van der Waals surface area contributed by atoms with Crippen LogP contribution in [-0.2, 0) is 23.0 Å². The van der Waals surface area contributed by atoms with E-state index in [0.717, 1.165) is 6.07 Å². The Bertz CT molecular complexity index is 699. The number of benzene rings is 1. The summed E-state index contributed by atoms with van der Waals surface area (Å²) in [7, 11) is -3.93. The van der Waals surface area contributed by atoms with Crippen molar-refractivity contribution in [2.45, 2.75) is 30.8 Å². The molecule has 0 fully saturated rings. The van der Waals surface area contributed by atoms with Crippen LogP contribution in [0, 0.1) is 5.82 Å². The molecule has 0 radical (unpaired) electrons. The van der Waals surface area contributed by atoms with E-state index >= 15 is 0 Å². The lowest BCUT2D eigenvalue weighted by Crippen LogP contribution is -2.34. The number of nitrogens with two attached hydrogens (primary N) is 1. The summed E-state index contributed by atoms with van der Waals surface area (Å²) in [5.41, 5.74) is 5.93. The molecule has 5 nitrogen and oxygen atoms in total. The van der Waals surface area contributed by atoms with Gasteiger partial charge in [0.15, 0.2) is 0 Å². The molecular formula is C14H17FN2O3S. The van der Waals surface area contributed by atoms with E-state index in [2.05, 4.69) is 4.72 Å². The molecule has 0 amide bonds. The molecule has 114 valence electrons. The van der Waals surface area contributed by atoms with E-state index in [4.69, 9.17) is 10.2 Å². The van der Waals surface area contributed by atoms with Gasteiger partial charge in [-0.05, 0) is 36.8 Å². The molecule has 21 heavy (non-hydrogen) atoms. The van der Waals surface area contributed by atoms with Gasteiger partial charge in [0.05, 0.1) is 6.26 Å². The van der Waals surface area contributed by atoms with Crippen molar-refractivity contribution in [1.29, 1.82) is 0 Å². The van der Waals surface area contributed by atoms with E-state index in [1.807, 2.05) is 0 Å². The second kappa shape index (κ2) is 6.38. The smallest absolute Gasteiger partial charge is 0.243 e. The normalized spacial score (nSPS) is 13.3. The highest BCUT2D eigenvalue weighted by Gasteiger charge is 2.22. The van der Waals surface area contributed by atoms with Gasteiger partial charge in [0.1, 0.15) is 16.5 Å². The Morgan fingerprint density at radius 2 is 2.14 bits per heavy atom. The number of halogens is 1. The standard InChI is InChI=1S/C14H17FN2O3S/c1-10(7-12-3-2-6-20-12)17-21(18,19)14-5-4-11(9-16)8-13(14)15/h2-6,8,10,17H,7,9,16H2,1H3. The van der Waals surface area contributed by atoms with Crippen molar-refractivity contribution in [3.05, 3.63) is 53.7 Å². The Kier molecular flexibility index (Phi) is 4.76. The average Bonchev–Trinajstić information content (AvgIpc) is 2.90. The van der Waals surface area contributed by atoms with E-state index in [9.17, 15) is 12.8 Å². The fourth-order valence-corrected chi connectivity index (χ4v) is 3.29. The van der Waals surface area contributed by atoms with Crippen LogP contribution in [0.25, 0.3) is 0 Å². The molecule has 2 aromatic rings. The van der Waals surface area contributed by atoms with Crippen LogP contribution in [-0.4, -0.2) is 14.5 Å². The van der Waals surface area contributed by atoms with Crippen molar-refractivity contribution in [2.24, 2.45) is 5.73 Å². The maximum Gasteiger partial charge on any atom is 0.243 e. The number of nitrogens with one attached hydrogen (secondary N) is 1. The third-order valence-corrected chi connectivity index (χ3v) is 4.59. The van der Waals surface area contributed by atoms with Gasteiger partial charge < -0.3 is 10.2 Å². The van der Waals surface area contributed by atoms with E-state index < -0.39 is 21.9 Å². The van der Waals surface area contributed by atoms with Gasteiger partial charge in [-0.15, -0.1) is 0 Å². The topological polar surface area (TPSA) is 85.3 Å².